The van der Waals surface area contributed by atoms with Crippen LogP contribution in [0.3, 0.4) is 0 Å². The molecule has 1 fully saturated rings. The lowest BCUT2D eigenvalue weighted by Crippen LogP contribution is -2.16. The Kier molecular flexibility index (Phi) is 3.62. The second kappa shape index (κ2) is 5.78. The van der Waals surface area contributed by atoms with E-state index in [-0.39, 0.29) is 17.7 Å². The highest BCUT2D eigenvalue weighted by molar-refractivity contribution is 6.30. The number of halogens is 1. The van der Waals surface area contributed by atoms with Crippen molar-refractivity contribution in [2.24, 2.45) is 5.92 Å². The van der Waals surface area contributed by atoms with Crippen LogP contribution in [0.1, 0.15) is 17.9 Å². The van der Waals surface area contributed by atoms with Crippen LogP contribution < -0.4 is 14.8 Å². The molecule has 23 heavy (non-hydrogen) atoms. The minimum Gasteiger partial charge on any atom is -0.486 e. The molecule has 0 saturated heterocycles. The Balaban J connectivity index is 1.43. The molecule has 0 radical (unpaired) electrons. The van der Waals surface area contributed by atoms with Gasteiger partial charge in [-0.05, 0) is 54.3 Å². The van der Waals surface area contributed by atoms with E-state index >= 15 is 0 Å². The second-order valence-electron chi connectivity index (χ2n) is 5.85. The van der Waals surface area contributed by atoms with Crippen LogP contribution in [0.25, 0.3) is 0 Å². The lowest BCUT2D eigenvalue weighted by atomic mass is 10.1. The SMILES string of the molecule is O=C(Nc1ccc(Cl)cc1)[C@H]1C[C@H]1c1ccc2c(c1)OCCO2. The normalized spacial score (nSPS) is 21.6. The summed E-state index contributed by atoms with van der Waals surface area (Å²) in [7, 11) is 0. The minimum atomic E-state index is 0.00763. The molecule has 1 N–H and O–H groups in total. The van der Waals surface area contributed by atoms with E-state index in [1.165, 1.54) is 0 Å². The maximum Gasteiger partial charge on any atom is 0.228 e. The van der Waals surface area contributed by atoms with Gasteiger partial charge in [0.15, 0.2) is 11.5 Å². The van der Waals surface area contributed by atoms with Crippen LogP contribution in [0.2, 0.25) is 5.02 Å². The molecule has 0 aromatic heterocycles. The predicted molar refractivity (Wildman–Crippen MR) is 88.4 cm³/mol. The molecule has 118 valence electrons. The number of anilines is 1. The first-order valence-corrected chi connectivity index (χ1v) is 8.04. The number of hydrogen-bond donors (Lipinski definition) is 1. The fourth-order valence-electron chi connectivity index (χ4n) is 2.91. The van der Waals surface area contributed by atoms with Gasteiger partial charge >= 0.3 is 0 Å². The summed E-state index contributed by atoms with van der Waals surface area (Å²) < 4.78 is 11.1. The number of carbonyl (C=O) groups is 1. The van der Waals surface area contributed by atoms with Gasteiger partial charge in [0.25, 0.3) is 0 Å². The molecule has 2 atom stereocenters. The van der Waals surface area contributed by atoms with Gasteiger partial charge in [0, 0.05) is 16.6 Å². The molecule has 2 aliphatic rings. The lowest BCUT2D eigenvalue weighted by molar-refractivity contribution is -0.117. The lowest BCUT2D eigenvalue weighted by Gasteiger charge is -2.18. The number of fused-ring (bicyclic) bond motifs is 1. The van der Waals surface area contributed by atoms with Crippen molar-refractivity contribution in [3.05, 3.63) is 53.1 Å². The highest BCUT2D eigenvalue weighted by Crippen LogP contribution is 2.49. The first-order valence-electron chi connectivity index (χ1n) is 7.67. The largest absolute Gasteiger partial charge is 0.486 e. The van der Waals surface area contributed by atoms with E-state index in [0.717, 1.165) is 29.2 Å². The Morgan fingerprint density at radius 2 is 1.78 bits per heavy atom. The topological polar surface area (TPSA) is 47.6 Å². The Morgan fingerprint density at radius 3 is 2.57 bits per heavy atom. The van der Waals surface area contributed by atoms with Gasteiger partial charge in [-0.1, -0.05) is 17.7 Å². The van der Waals surface area contributed by atoms with Crippen LogP contribution >= 0.6 is 11.6 Å². The van der Waals surface area contributed by atoms with Crippen LogP contribution in [0.15, 0.2) is 42.5 Å². The number of rotatable bonds is 3. The summed E-state index contributed by atoms with van der Waals surface area (Å²) in [6.07, 6.45) is 0.860. The molecular weight excluding hydrogens is 314 g/mol. The van der Waals surface area contributed by atoms with E-state index < -0.39 is 0 Å². The molecule has 1 aliphatic carbocycles. The van der Waals surface area contributed by atoms with Gasteiger partial charge in [-0.3, -0.25) is 4.79 Å². The van der Waals surface area contributed by atoms with Gasteiger partial charge in [0.2, 0.25) is 5.91 Å². The van der Waals surface area contributed by atoms with Gasteiger partial charge < -0.3 is 14.8 Å². The van der Waals surface area contributed by atoms with Crippen molar-refractivity contribution in [3.8, 4) is 11.5 Å². The first kappa shape index (κ1) is 14.4. The molecule has 0 bridgehead atoms. The number of nitrogens with one attached hydrogen (secondary N) is 1. The summed E-state index contributed by atoms with van der Waals surface area (Å²) in [5.41, 5.74) is 1.90. The number of carbonyl (C=O) groups excluding carboxylic acids is 1. The highest BCUT2D eigenvalue weighted by Gasteiger charge is 2.44. The van der Waals surface area contributed by atoms with Crippen LogP contribution in [0.4, 0.5) is 5.69 Å². The van der Waals surface area contributed by atoms with Crippen molar-refractivity contribution in [3.63, 3.8) is 0 Å². The first-order chi connectivity index (χ1) is 11.2. The average molecular weight is 330 g/mol. The average Bonchev–Trinajstić information content (AvgIpc) is 3.37. The van der Waals surface area contributed by atoms with E-state index in [1.807, 2.05) is 30.3 Å². The Labute approximate surface area is 139 Å². The van der Waals surface area contributed by atoms with Crippen molar-refractivity contribution in [2.45, 2.75) is 12.3 Å². The van der Waals surface area contributed by atoms with Crippen molar-refractivity contribution in [1.82, 2.24) is 0 Å². The van der Waals surface area contributed by atoms with Crippen molar-refractivity contribution < 1.29 is 14.3 Å². The third kappa shape index (κ3) is 2.99. The van der Waals surface area contributed by atoms with Gasteiger partial charge in [-0.2, -0.15) is 0 Å². The van der Waals surface area contributed by atoms with Crippen LogP contribution in [-0.4, -0.2) is 19.1 Å². The molecule has 5 heteroatoms. The molecule has 1 saturated carbocycles. The summed E-state index contributed by atoms with van der Waals surface area (Å²) in [5.74, 6) is 1.86. The zero-order valence-corrected chi connectivity index (χ0v) is 13.2. The fourth-order valence-corrected chi connectivity index (χ4v) is 3.04. The third-order valence-corrected chi connectivity index (χ3v) is 4.49. The van der Waals surface area contributed by atoms with E-state index in [4.69, 9.17) is 21.1 Å². The molecule has 2 aromatic carbocycles. The number of hydrogen-bond acceptors (Lipinski definition) is 3. The maximum absolute atomic E-state index is 12.3. The van der Waals surface area contributed by atoms with Crippen LogP contribution in [-0.2, 0) is 4.79 Å². The van der Waals surface area contributed by atoms with E-state index in [0.29, 0.717) is 18.2 Å². The summed E-state index contributed by atoms with van der Waals surface area (Å²) >= 11 is 5.85. The van der Waals surface area contributed by atoms with E-state index in [1.54, 1.807) is 12.1 Å². The highest BCUT2D eigenvalue weighted by atomic mass is 35.5. The van der Waals surface area contributed by atoms with Gasteiger partial charge in [0.05, 0.1) is 0 Å². The molecule has 1 aliphatic heterocycles. The molecule has 2 aromatic rings. The van der Waals surface area contributed by atoms with Crippen molar-refractivity contribution in [2.75, 3.05) is 18.5 Å². The minimum absolute atomic E-state index is 0.00763. The summed E-state index contributed by atoms with van der Waals surface area (Å²) in [6.45, 7) is 1.16. The number of ether oxygens (including phenoxy) is 2. The molecule has 4 rings (SSSR count). The molecular formula is C18H16ClNO3. The van der Waals surface area contributed by atoms with Gasteiger partial charge in [-0.15, -0.1) is 0 Å². The van der Waals surface area contributed by atoms with Gasteiger partial charge in [0.1, 0.15) is 13.2 Å². The van der Waals surface area contributed by atoms with Crippen LogP contribution in [0, 0.1) is 5.92 Å². The maximum atomic E-state index is 12.3. The summed E-state index contributed by atoms with van der Waals surface area (Å²) in [6, 6.07) is 13.1. The second-order valence-corrected chi connectivity index (χ2v) is 6.28. The zero-order chi connectivity index (χ0) is 15.8. The van der Waals surface area contributed by atoms with E-state index in [9.17, 15) is 4.79 Å². The Morgan fingerprint density at radius 1 is 1.04 bits per heavy atom. The summed E-state index contributed by atoms with van der Waals surface area (Å²) in [5, 5.41) is 3.60. The Bertz CT molecular complexity index is 744. The third-order valence-electron chi connectivity index (χ3n) is 4.23. The summed E-state index contributed by atoms with van der Waals surface area (Å²) in [4.78, 5) is 12.3. The molecule has 0 unspecified atom stereocenters. The monoisotopic (exact) mass is 329 g/mol. The fraction of sp³-hybridized carbons (Fsp3) is 0.278. The number of amides is 1. The van der Waals surface area contributed by atoms with Crippen molar-refractivity contribution >= 4 is 23.2 Å². The molecule has 0 spiro atoms. The van der Waals surface area contributed by atoms with Gasteiger partial charge in [-0.25, -0.2) is 0 Å². The predicted octanol–water partition coefficient (Wildman–Crippen LogP) is 3.85. The smallest absolute Gasteiger partial charge is 0.228 e. The zero-order valence-electron chi connectivity index (χ0n) is 12.4. The van der Waals surface area contributed by atoms with Crippen molar-refractivity contribution in [1.29, 1.82) is 0 Å². The van der Waals surface area contributed by atoms with Crippen LogP contribution in [0.5, 0.6) is 11.5 Å². The number of benzene rings is 2. The Hall–Kier alpha value is -2.20. The standard InChI is InChI=1S/C18H16ClNO3/c19-12-2-4-13(5-3-12)20-18(21)15-10-14(15)11-1-6-16-17(9-11)23-8-7-22-16/h1-6,9,14-15H,7-8,10H2,(H,20,21)/t14-,15-/m0/s1. The molecule has 4 nitrogen and oxygen atoms in total. The molecule has 1 heterocycles. The van der Waals surface area contributed by atoms with E-state index in [2.05, 4.69) is 5.32 Å². The molecule has 1 amide bonds. The quantitative estimate of drug-likeness (QED) is 0.930.